The van der Waals surface area contributed by atoms with Crippen LogP contribution in [0.2, 0.25) is 10.0 Å². The van der Waals surface area contributed by atoms with Gasteiger partial charge < -0.3 is 10.4 Å². The van der Waals surface area contributed by atoms with E-state index in [1.807, 2.05) is 5.32 Å². The normalized spacial score (nSPS) is 11.9. The Labute approximate surface area is 106 Å². The molecule has 1 rings (SSSR count). The Morgan fingerprint density at radius 1 is 1.53 bits per heavy atom. The average Bonchev–Trinajstić information content (AvgIpc) is 2.19. The molecule has 8 heteroatoms. The van der Waals surface area contributed by atoms with Crippen LogP contribution in [-0.2, 0) is 0 Å². The molecule has 0 saturated heterocycles. The number of benzene rings is 1. The third-order valence-corrected chi connectivity index (χ3v) is 2.82. The van der Waals surface area contributed by atoms with Crippen LogP contribution < -0.4 is 5.32 Å². The van der Waals surface area contributed by atoms with Crippen LogP contribution >= 0.6 is 23.2 Å². The smallest absolute Gasteiger partial charge is 0.405 e. The third-order valence-electron chi connectivity index (χ3n) is 1.99. The van der Waals surface area contributed by atoms with E-state index in [-0.39, 0.29) is 15.6 Å². The van der Waals surface area contributed by atoms with Crippen molar-refractivity contribution in [2.45, 2.75) is 6.04 Å². The molecule has 0 saturated carbocycles. The van der Waals surface area contributed by atoms with Crippen molar-refractivity contribution in [2.75, 3.05) is 6.54 Å². The number of halogens is 2. The zero-order valence-corrected chi connectivity index (χ0v) is 9.90. The summed E-state index contributed by atoms with van der Waals surface area (Å²) in [6.07, 6.45) is -1.37. The second-order valence-corrected chi connectivity index (χ2v) is 3.95. The van der Waals surface area contributed by atoms with Gasteiger partial charge >= 0.3 is 6.09 Å². The lowest BCUT2D eigenvalue weighted by Gasteiger charge is -2.15. The number of amides is 1. The summed E-state index contributed by atoms with van der Waals surface area (Å²) in [5.41, 5.74) is 0.276. The monoisotopic (exact) mass is 278 g/mol. The molecule has 0 spiro atoms. The maximum atomic E-state index is 10.6. The molecule has 0 aliphatic heterocycles. The molecule has 1 unspecified atom stereocenters. The zero-order chi connectivity index (χ0) is 13.0. The molecular weight excluding hydrogens is 271 g/mol. The molecule has 0 radical (unpaired) electrons. The Hall–Kier alpha value is -1.53. The first-order valence-electron chi connectivity index (χ1n) is 4.47. The van der Waals surface area contributed by atoms with E-state index in [1.54, 1.807) is 6.07 Å². The van der Waals surface area contributed by atoms with Crippen molar-refractivity contribution in [3.05, 3.63) is 43.9 Å². The predicted molar refractivity (Wildman–Crippen MR) is 62.2 cm³/mol. The SMILES string of the molecule is O=C(O)NC(C[N+](=O)[O-])c1cccc(Cl)c1Cl. The van der Waals surface area contributed by atoms with Crippen LogP contribution in [-0.4, -0.2) is 22.7 Å². The first-order valence-corrected chi connectivity index (χ1v) is 5.22. The Morgan fingerprint density at radius 2 is 2.18 bits per heavy atom. The summed E-state index contributed by atoms with van der Waals surface area (Å²) in [5.74, 6) is 0. The van der Waals surface area contributed by atoms with E-state index in [2.05, 4.69) is 0 Å². The summed E-state index contributed by atoms with van der Waals surface area (Å²) in [7, 11) is 0. The minimum atomic E-state index is -1.37. The van der Waals surface area contributed by atoms with Crippen molar-refractivity contribution in [2.24, 2.45) is 0 Å². The van der Waals surface area contributed by atoms with E-state index < -0.39 is 23.6 Å². The maximum absolute atomic E-state index is 10.6. The number of nitro groups is 1. The zero-order valence-electron chi connectivity index (χ0n) is 8.39. The fourth-order valence-electron chi connectivity index (χ4n) is 1.31. The second-order valence-electron chi connectivity index (χ2n) is 3.16. The number of hydrogen-bond acceptors (Lipinski definition) is 3. The molecule has 17 heavy (non-hydrogen) atoms. The van der Waals surface area contributed by atoms with Gasteiger partial charge in [-0.25, -0.2) is 4.79 Å². The standard InChI is InChI=1S/C9H8Cl2N2O4/c10-6-3-1-2-5(8(6)11)7(4-13(16)17)12-9(14)15/h1-3,7,12H,4H2,(H,14,15). The summed E-state index contributed by atoms with van der Waals surface area (Å²) in [4.78, 5) is 20.4. The van der Waals surface area contributed by atoms with E-state index in [1.165, 1.54) is 12.1 Å². The maximum Gasteiger partial charge on any atom is 0.405 e. The van der Waals surface area contributed by atoms with Crippen LogP contribution in [0.25, 0.3) is 0 Å². The van der Waals surface area contributed by atoms with Crippen molar-refractivity contribution in [3.8, 4) is 0 Å². The van der Waals surface area contributed by atoms with Crippen molar-refractivity contribution in [1.82, 2.24) is 5.32 Å². The largest absolute Gasteiger partial charge is 0.465 e. The number of nitrogens with one attached hydrogen (secondary N) is 1. The highest BCUT2D eigenvalue weighted by Crippen LogP contribution is 2.30. The number of carboxylic acid groups (broad SMARTS) is 1. The highest BCUT2D eigenvalue weighted by molar-refractivity contribution is 6.42. The number of hydrogen-bond donors (Lipinski definition) is 2. The van der Waals surface area contributed by atoms with Crippen LogP contribution in [0.15, 0.2) is 18.2 Å². The van der Waals surface area contributed by atoms with Gasteiger partial charge in [-0.1, -0.05) is 35.3 Å². The van der Waals surface area contributed by atoms with E-state index >= 15 is 0 Å². The Balaban J connectivity index is 3.07. The topological polar surface area (TPSA) is 92.5 Å². The average molecular weight is 279 g/mol. The molecule has 1 aromatic carbocycles. The van der Waals surface area contributed by atoms with Gasteiger partial charge in [-0.2, -0.15) is 0 Å². The lowest BCUT2D eigenvalue weighted by Crippen LogP contribution is -2.32. The fraction of sp³-hybridized carbons (Fsp3) is 0.222. The highest BCUT2D eigenvalue weighted by atomic mass is 35.5. The van der Waals surface area contributed by atoms with E-state index in [0.717, 1.165) is 0 Å². The van der Waals surface area contributed by atoms with Gasteiger partial charge in [0.15, 0.2) is 0 Å². The molecule has 0 aliphatic carbocycles. The molecule has 2 N–H and O–H groups in total. The summed E-state index contributed by atoms with van der Waals surface area (Å²) < 4.78 is 0. The summed E-state index contributed by atoms with van der Waals surface area (Å²) in [5, 5.41) is 21.4. The van der Waals surface area contributed by atoms with Gasteiger partial charge in [0.1, 0.15) is 6.04 Å². The van der Waals surface area contributed by atoms with Crippen molar-refractivity contribution in [3.63, 3.8) is 0 Å². The quantitative estimate of drug-likeness (QED) is 0.654. The molecule has 0 heterocycles. The van der Waals surface area contributed by atoms with Crippen molar-refractivity contribution < 1.29 is 14.8 Å². The first kappa shape index (κ1) is 13.5. The van der Waals surface area contributed by atoms with Crippen molar-refractivity contribution >= 4 is 29.3 Å². The van der Waals surface area contributed by atoms with Gasteiger partial charge in [-0.3, -0.25) is 10.1 Å². The summed E-state index contributed by atoms with van der Waals surface area (Å²) in [6, 6.07) is 3.50. The Bertz CT molecular complexity index is 437. The molecule has 1 aromatic rings. The van der Waals surface area contributed by atoms with E-state index in [9.17, 15) is 14.9 Å². The first-order chi connectivity index (χ1) is 7.91. The van der Waals surface area contributed by atoms with E-state index in [4.69, 9.17) is 28.3 Å². The van der Waals surface area contributed by atoms with Gasteiger partial charge in [0.25, 0.3) is 0 Å². The van der Waals surface area contributed by atoms with Gasteiger partial charge in [0, 0.05) is 10.5 Å². The molecule has 1 amide bonds. The van der Waals surface area contributed by atoms with Gasteiger partial charge in [-0.15, -0.1) is 0 Å². The number of carbonyl (C=O) groups is 1. The second kappa shape index (κ2) is 5.70. The van der Waals surface area contributed by atoms with Crippen LogP contribution in [0.1, 0.15) is 11.6 Å². The minimum Gasteiger partial charge on any atom is -0.465 e. The molecule has 0 fully saturated rings. The van der Waals surface area contributed by atoms with Crippen molar-refractivity contribution in [1.29, 1.82) is 0 Å². The lowest BCUT2D eigenvalue weighted by molar-refractivity contribution is -0.484. The van der Waals surface area contributed by atoms with Crippen LogP contribution in [0.4, 0.5) is 4.79 Å². The van der Waals surface area contributed by atoms with Crippen LogP contribution in [0.5, 0.6) is 0 Å². The number of nitrogens with zero attached hydrogens (tertiary/aromatic N) is 1. The van der Waals surface area contributed by atoms with Crippen LogP contribution in [0.3, 0.4) is 0 Å². The molecule has 0 aliphatic rings. The Kier molecular flexibility index (Phi) is 4.53. The van der Waals surface area contributed by atoms with Gasteiger partial charge in [-0.05, 0) is 6.07 Å². The molecular formula is C9H8Cl2N2O4. The highest BCUT2D eigenvalue weighted by Gasteiger charge is 2.23. The third kappa shape index (κ3) is 3.76. The Morgan fingerprint density at radius 3 is 2.71 bits per heavy atom. The predicted octanol–water partition coefficient (Wildman–Crippen LogP) is 2.58. The summed E-state index contributed by atoms with van der Waals surface area (Å²) >= 11 is 11.6. The number of rotatable bonds is 4. The summed E-state index contributed by atoms with van der Waals surface area (Å²) in [6.45, 7) is -0.605. The molecule has 0 aromatic heterocycles. The fourth-order valence-corrected chi connectivity index (χ4v) is 1.75. The van der Waals surface area contributed by atoms with E-state index in [0.29, 0.717) is 0 Å². The molecule has 0 bridgehead atoms. The minimum absolute atomic E-state index is 0.106. The van der Waals surface area contributed by atoms with Gasteiger partial charge in [0.05, 0.1) is 10.0 Å². The molecule has 6 nitrogen and oxygen atoms in total. The molecule has 1 atom stereocenters. The van der Waals surface area contributed by atoms with Crippen LogP contribution in [0, 0.1) is 10.1 Å². The van der Waals surface area contributed by atoms with Gasteiger partial charge in [0.2, 0.25) is 6.54 Å². The lowest BCUT2D eigenvalue weighted by atomic mass is 10.1. The molecule has 92 valence electrons.